The Morgan fingerprint density at radius 2 is 1.94 bits per heavy atom. The van der Waals surface area contributed by atoms with E-state index in [9.17, 15) is 4.79 Å². The Balaban J connectivity index is 1.40. The average molecular weight is 477 g/mol. The van der Waals surface area contributed by atoms with Crippen LogP contribution in [0, 0.1) is 0 Å². The second kappa shape index (κ2) is 9.74. The Morgan fingerprint density at radius 1 is 1.12 bits per heavy atom. The first kappa shape index (κ1) is 22.8. The third-order valence-corrected chi connectivity index (χ3v) is 8.07. The number of aromatic nitrogens is 3. The van der Waals surface area contributed by atoms with Gasteiger partial charge in [-0.25, -0.2) is 4.98 Å². The summed E-state index contributed by atoms with van der Waals surface area (Å²) >= 11 is 1.81. The van der Waals surface area contributed by atoms with E-state index in [1.807, 2.05) is 12.1 Å². The molecule has 178 valence electrons. The van der Waals surface area contributed by atoms with Gasteiger partial charge in [0.15, 0.2) is 5.82 Å². The highest BCUT2D eigenvalue weighted by Gasteiger charge is 2.39. The van der Waals surface area contributed by atoms with Crippen LogP contribution in [0.1, 0.15) is 85.9 Å². The number of hydrogen-bond acceptors (Lipinski definition) is 5. The van der Waals surface area contributed by atoms with Crippen LogP contribution in [0.2, 0.25) is 0 Å². The number of carbonyl (C=O) groups excluding carboxylic acids is 1. The molecule has 1 saturated carbocycles. The van der Waals surface area contributed by atoms with E-state index >= 15 is 0 Å². The molecule has 1 fully saturated rings. The SMILES string of the molecule is CCCCCCOc1ccc([C@]2(C)CC(c3ccc(C4CC4)s3)=C(c3ncn[nH]3)C(=O)N2)cc1. The monoisotopic (exact) mass is 476 g/mol. The van der Waals surface area contributed by atoms with Crippen molar-refractivity contribution in [2.75, 3.05) is 6.61 Å². The smallest absolute Gasteiger partial charge is 0.256 e. The van der Waals surface area contributed by atoms with E-state index in [2.05, 4.69) is 58.6 Å². The first-order valence-corrected chi connectivity index (χ1v) is 13.1. The predicted molar refractivity (Wildman–Crippen MR) is 136 cm³/mol. The van der Waals surface area contributed by atoms with Gasteiger partial charge in [0.25, 0.3) is 5.91 Å². The molecule has 0 radical (unpaired) electrons. The maximum Gasteiger partial charge on any atom is 0.256 e. The minimum atomic E-state index is -0.528. The molecule has 2 N–H and O–H groups in total. The van der Waals surface area contributed by atoms with E-state index in [1.54, 1.807) is 11.3 Å². The molecule has 5 rings (SSSR count). The van der Waals surface area contributed by atoms with Crippen LogP contribution in [0.3, 0.4) is 0 Å². The molecule has 0 saturated heterocycles. The van der Waals surface area contributed by atoms with Crippen molar-refractivity contribution >= 4 is 28.4 Å². The van der Waals surface area contributed by atoms with Crippen molar-refractivity contribution in [3.05, 3.63) is 63.9 Å². The van der Waals surface area contributed by atoms with Crippen LogP contribution in [-0.2, 0) is 10.3 Å². The Kier molecular flexibility index (Phi) is 6.55. The van der Waals surface area contributed by atoms with Gasteiger partial charge in [-0.15, -0.1) is 11.3 Å². The van der Waals surface area contributed by atoms with Gasteiger partial charge >= 0.3 is 0 Å². The zero-order valence-electron chi connectivity index (χ0n) is 19.9. The molecule has 0 spiro atoms. The topological polar surface area (TPSA) is 79.9 Å². The molecular weight excluding hydrogens is 444 g/mol. The summed E-state index contributed by atoms with van der Waals surface area (Å²) in [5, 5.41) is 10.1. The standard InChI is InChI=1S/C27H32N4O2S/c1-3-4-5-6-15-33-20-11-9-19(10-12-20)27(2)16-21(23-14-13-22(34-23)18-7-8-18)24(26(32)30-27)25-28-17-29-31-25/h9-14,17-18H,3-8,15-16H2,1-2H3,(H,30,32)(H,28,29,31)/t27-/m0/s1. The lowest BCUT2D eigenvalue weighted by Crippen LogP contribution is -2.47. The molecule has 1 aliphatic carbocycles. The lowest BCUT2D eigenvalue weighted by Gasteiger charge is -2.37. The molecule has 3 heterocycles. The van der Waals surface area contributed by atoms with Gasteiger partial charge in [-0.1, -0.05) is 38.3 Å². The number of hydrogen-bond donors (Lipinski definition) is 2. The van der Waals surface area contributed by atoms with E-state index in [1.165, 1.54) is 43.3 Å². The molecule has 2 aliphatic rings. The molecule has 1 atom stereocenters. The molecule has 1 amide bonds. The van der Waals surface area contributed by atoms with Crippen molar-refractivity contribution in [1.29, 1.82) is 0 Å². The second-order valence-corrected chi connectivity index (χ2v) is 10.7. The fourth-order valence-electron chi connectivity index (χ4n) is 4.64. The van der Waals surface area contributed by atoms with Crippen LogP contribution >= 0.6 is 11.3 Å². The van der Waals surface area contributed by atoms with Crippen molar-refractivity contribution in [2.45, 2.75) is 70.3 Å². The van der Waals surface area contributed by atoms with Crippen molar-refractivity contribution in [2.24, 2.45) is 0 Å². The van der Waals surface area contributed by atoms with Crippen LogP contribution < -0.4 is 10.1 Å². The molecule has 1 aliphatic heterocycles. The Bertz CT molecular complexity index is 1160. The number of rotatable bonds is 10. The van der Waals surface area contributed by atoms with Crippen LogP contribution in [0.25, 0.3) is 11.1 Å². The maximum absolute atomic E-state index is 13.4. The molecule has 1 aromatic carbocycles. The zero-order valence-corrected chi connectivity index (χ0v) is 20.7. The third-order valence-electron chi connectivity index (χ3n) is 6.76. The van der Waals surface area contributed by atoms with E-state index in [0.29, 0.717) is 23.7 Å². The predicted octanol–water partition coefficient (Wildman–Crippen LogP) is 6.05. The zero-order chi connectivity index (χ0) is 23.5. The Hall–Kier alpha value is -2.93. The second-order valence-electron chi connectivity index (χ2n) is 9.56. The lowest BCUT2D eigenvalue weighted by molar-refractivity contribution is -0.117. The summed E-state index contributed by atoms with van der Waals surface area (Å²) in [5.41, 5.74) is 2.15. The molecule has 7 heteroatoms. The van der Waals surface area contributed by atoms with Crippen molar-refractivity contribution in [1.82, 2.24) is 20.5 Å². The number of carbonyl (C=O) groups is 1. The number of nitrogens with zero attached hydrogens (tertiary/aromatic N) is 2. The number of nitrogens with one attached hydrogen (secondary N) is 2. The van der Waals surface area contributed by atoms with Gasteiger partial charge in [0.1, 0.15) is 12.1 Å². The summed E-state index contributed by atoms with van der Waals surface area (Å²) < 4.78 is 5.92. The third kappa shape index (κ3) is 4.80. The molecule has 0 bridgehead atoms. The maximum atomic E-state index is 13.4. The summed E-state index contributed by atoms with van der Waals surface area (Å²) in [6.07, 6.45) is 9.40. The number of unbranched alkanes of at least 4 members (excludes halogenated alkanes) is 3. The fourth-order valence-corrected chi connectivity index (χ4v) is 5.86. The molecular formula is C27H32N4O2S. The number of aromatic amines is 1. The van der Waals surface area contributed by atoms with Crippen molar-refractivity contribution in [3.63, 3.8) is 0 Å². The fraction of sp³-hybridized carbons (Fsp3) is 0.444. The quantitative estimate of drug-likeness (QED) is 0.349. The molecule has 2 aromatic heterocycles. The van der Waals surface area contributed by atoms with E-state index in [-0.39, 0.29) is 5.91 Å². The van der Waals surface area contributed by atoms with Gasteiger partial charge < -0.3 is 10.1 Å². The first-order chi connectivity index (χ1) is 16.6. The summed E-state index contributed by atoms with van der Waals surface area (Å²) in [5.74, 6) is 1.95. The Labute approximate surface area is 204 Å². The van der Waals surface area contributed by atoms with E-state index < -0.39 is 5.54 Å². The van der Waals surface area contributed by atoms with Crippen LogP contribution in [0.15, 0.2) is 42.7 Å². The lowest BCUT2D eigenvalue weighted by atomic mass is 9.80. The van der Waals surface area contributed by atoms with Gasteiger partial charge in [0.2, 0.25) is 0 Å². The highest BCUT2D eigenvalue weighted by atomic mass is 32.1. The van der Waals surface area contributed by atoms with E-state index in [4.69, 9.17) is 4.74 Å². The van der Waals surface area contributed by atoms with Crippen LogP contribution in [-0.4, -0.2) is 27.7 Å². The van der Waals surface area contributed by atoms with Gasteiger partial charge in [0, 0.05) is 16.2 Å². The first-order valence-electron chi connectivity index (χ1n) is 12.3. The number of benzene rings is 1. The minimum Gasteiger partial charge on any atom is -0.494 e. The van der Waals surface area contributed by atoms with E-state index in [0.717, 1.165) is 34.8 Å². The molecule has 6 nitrogen and oxygen atoms in total. The highest BCUT2D eigenvalue weighted by Crippen LogP contribution is 2.47. The van der Waals surface area contributed by atoms with Gasteiger partial charge in [0.05, 0.1) is 17.7 Å². The number of thiophene rings is 1. The molecule has 3 aromatic rings. The molecule has 0 unspecified atom stereocenters. The van der Waals surface area contributed by atoms with Gasteiger partial charge in [-0.3, -0.25) is 9.89 Å². The molecule has 34 heavy (non-hydrogen) atoms. The minimum absolute atomic E-state index is 0.127. The summed E-state index contributed by atoms with van der Waals surface area (Å²) in [6.45, 7) is 5.05. The summed E-state index contributed by atoms with van der Waals surface area (Å²) in [6, 6.07) is 12.6. The largest absolute Gasteiger partial charge is 0.494 e. The van der Waals surface area contributed by atoms with Gasteiger partial charge in [-0.05, 0) is 67.5 Å². The summed E-state index contributed by atoms with van der Waals surface area (Å²) in [7, 11) is 0. The number of amides is 1. The highest BCUT2D eigenvalue weighted by molar-refractivity contribution is 7.13. The summed E-state index contributed by atoms with van der Waals surface area (Å²) in [4.78, 5) is 20.3. The van der Waals surface area contributed by atoms with Crippen LogP contribution in [0.4, 0.5) is 0 Å². The average Bonchev–Trinajstić information content (AvgIpc) is 3.32. The van der Waals surface area contributed by atoms with Crippen molar-refractivity contribution < 1.29 is 9.53 Å². The van der Waals surface area contributed by atoms with Gasteiger partial charge in [-0.2, -0.15) is 5.10 Å². The number of ether oxygens (including phenoxy) is 1. The normalized spacial score (nSPS) is 20.5. The van der Waals surface area contributed by atoms with Crippen molar-refractivity contribution in [3.8, 4) is 5.75 Å². The van der Waals surface area contributed by atoms with Crippen LogP contribution in [0.5, 0.6) is 5.75 Å². The Morgan fingerprint density at radius 3 is 2.65 bits per heavy atom. The number of H-pyrrole nitrogens is 1.